The summed E-state index contributed by atoms with van der Waals surface area (Å²) >= 11 is 0. The van der Waals surface area contributed by atoms with Gasteiger partial charge in [-0.25, -0.2) is 0 Å². The highest BCUT2D eigenvalue weighted by Crippen LogP contribution is 2.35. The lowest BCUT2D eigenvalue weighted by atomic mass is 9.82. The summed E-state index contributed by atoms with van der Waals surface area (Å²) in [6.07, 6.45) is 0. The third-order valence-electron chi connectivity index (χ3n) is 4.00. The summed E-state index contributed by atoms with van der Waals surface area (Å²) < 4.78 is 0. The molecule has 0 aliphatic carbocycles. The molecule has 0 heterocycles. The van der Waals surface area contributed by atoms with Gasteiger partial charge in [0, 0.05) is 17.6 Å². The Hall–Kier alpha value is -2.58. The Labute approximate surface area is 131 Å². The second kappa shape index (κ2) is 6.46. The zero-order valence-corrected chi connectivity index (χ0v) is 12.4. The van der Waals surface area contributed by atoms with Crippen molar-refractivity contribution in [2.24, 2.45) is 5.73 Å². The molecule has 110 valence electrons. The van der Waals surface area contributed by atoms with Gasteiger partial charge in [0.1, 0.15) is 0 Å². The van der Waals surface area contributed by atoms with Crippen LogP contribution in [0.5, 0.6) is 0 Å². The lowest BCUT2D eigenvalue weighted by Gasteiger charge is -2.25. The fourth-order valence-corrected chi connectivity index (χ4v) is 2.84. The van der Waals surface area contributed by atoms with Gasteiger partial charge in [-0.3, -0.25) is 0 Å². The van der Waals surface area contributed by atoms with Gasteiger partial charge in [-0.2, -0.15) is 0 Å². The van der Waals surface area contributed by atoms with Crippen molar-refractivity contribution >= 4 is 5.69 Å². The fourth-order valence-electron chi connectivity index (χ4n) is 2.84. The van der Waals surface area contributed by atoms with Gasteiger partial charge in [-0.05, 0) is 28.8 Å². The molecule has 0 saturated carbocycles. The Morgan fingerprint density at radius 2 is 1.00 bits per heavy atom. The molecule has 1 unspecified atom stereocenters. The largest absolute Gasteiger partial charge is 0.399 e. The number of hydrogen-bond acceptors (Lipinski definition) is 2. The number of nitrogen functional groups attached to an aromatic ring is 1. The molecule has 4 N–H and O–H groups in total. The molecule has 0 aliphatic heterocycles. The van der Waals surface area contributed by atoms with E-state index in [1.165, 1.54) is 11.1 Å². The molecule has 3 rings (SSSR count). The molecule has 0 fully saturated rings. The van der Waals surface area contributed by atoms with E-state index in [9.17, 15) is 0 Å². The third kappa shape index (κ3) is 3.02. The zero-order valence-electron chi connectivity index (χ0n) is 12.4. The summed E-state index contributed by atoms with van der Waals surface area (Å²) in [6.45, 7) is 0. The summed E-state index contributed by atoms with van der Waals surface area (Å²) in [7, 11) is 0. The van der Waals surface area contributed by atoms with Crippen molar-refractivity contribution in [1.82, 2.24) is 0 Å². The number of benzene rings is 3. The first-order chi connectivity index (χ1) is 10.8. The van der Waals surface area contributed by atoms with Crippen LogP contribution in [0.2, 0.25) is 0 Å². The highest BCUT2D eigenvalue weighted by atomic mass is 14.7. The molecule has 0 spiro atoms. The van der Waals surface area contributed by atoms with Crippen LogP contribution >= 0.6 is 0 Å². The minimum Gasteiger partial charge on any atom is -0.399 e. The van der Waals surface area contributed by atoms with Gasteiger partial charge in [0.25, 0.3) is 0 Å². The van der Waals surface area contributed by atoms with Gasteiger partial charge in [-0.1, -0.05) is 72.8 Å². The second-order valence-corrected chi connectivity index (χ2v) is 5.49. The third-order valence-corrected chi connectivity index (χ3v) is 4.00. The minimum absolute atomic E-state index is 0.117. The molecule has 22 heavy (non-hydrogen) atoms. The van der Waals surface area contributed by atoms with Crippen LogP contribution in [0.15, 0.2) is 84.9 Å². The van der Waals surface area contributed by atoms with Crippen molar-refractivity contribution in [3.05, 3.63) is 102 Å². The van der Waals surface area contributed by atoms with Gasteiger partial charge in [-0.15, -0.1) is 0 Å². The first kappa shape index (κ1) is 14.4. The predicted octanol–water partition coefficient (Wildman–Crippen LogP) is 4.10. The van der Waals surface area contributed by atoms with E-state index in [0.717, 1.165) is 11.3 Å². The van der Waals surface area contributed by atoms with Crippen LogP contribution in [-0.4, -0.2) is 0 Å². The highest BCUT2D eigenvalue weighted by Gasteiger charge is 2.23. The van der Waals surface area contributed by atoms with E-state index in [2.05, 4.69) is 48.5 Å². The van der Waals surface area contributed by atoms with Crippen LogP contribution in [0.1, 0.15) is 28.7 Å². The van der Waals surface area contributed by atoms with E-state index >= 15 is 0 Å². The van der Waals surface area contributed by atoms with Gasteiger partial charge >= 0.3 is 0 Å². The van der Waals surface area contributed by atoms with E-state index in [1.807, 2.05) is 36.4 Å². The van der Waals surface area contributed by atoms with E-state index in [4.69, 9.17) is 11.5 Å². The number of hydrogen-bond donors (Lipinski definition) is 2. The Morgan fingerprint density at radius 1 is 0.545 bits per heavy atom. The first-order valence-corrected chi connectivity index (χ1v) is 7.46. The monoisotopic (exact) mass is 288 g/mol. The molecule has 3 aromatic carbocycles. The van der Waals surface area contributed by atoms with Crippen LogP contribution in [0.25, 0.3) is 0 Å². The van der Waals surface area contributed by atoms with Crippen molar-refractivity contribution in [2.45, 2.75) is 12.0 Å². The fraction of sp³-hybridized carbons (Fsp3) is 0.100. The van der Waals surface area contributed by atoms with Crippen molar-refractivity contribution in [3.8, 4) is 0 Å². The summed E-state index contributed by atoms with van der Waals surface area (Å²) in [4.78, 5) is 0. The topological polar surface area (TPSA) is 52.0 Å². The molecule has 2 nitrogen and oxygen atoms in total. The first-order valence-electron chi connectivity index (χ1n) is 7.46. The molecule has 0 radical (unpaired) electrons. The summed E-state index contributed by atoms with van der Waals surface area (Å²) in [6, 6.07) is 28.5. The summed E-state index contributed by atoms with van der Waals surface area (Å²) in [5.74, 6) is 0.117. The molecule has 1 atom stereocenters. The van der Waals surface area contributed by atoms with Gasteiger partial charge in [0.15, 0.2) is 0 Å². The van der Waals surface area contributed by atoms with Crippen molar-refractivity contribution in [3.63, 3.8) is 0 Å². The maximum atomic E-state index is 6.61. The average molecular weight is 288 g/mol. The van der Waals surface area contributed by atoms with Crippen LogP contribution < -0.4 is 11.5 Å². The standard InChI is InChI=1S/C20H20N2/c21-18-13-11-17(12-14-18)20(22)19(15-7-3-1-4-8-15)16-9-5-2-6-10-16/h1-14,19-20H,21-22H2. The molecule has 0 aliphatic rings. The average Bonchev–Trinajstić information content (AvgIpc) is 2.57. The van der Waals surface area contributed by atoms with Crippen molar-refractivity contribution in [1.29, 1.82) is 0 Å². The lowest BCUT2D eigenvalue weighted by Crippen LogP contribution is -2.21. The quantitative estimate of drug-likeness (QED) is 0.710. The van der Waals surface area contributed by atoms with Crippen molar-refractivity contribution in [2.75, 3.05) is 5.73 Å². The Kier molecular flexibility index (Phi) is 4.22. The van der Waals surface area contributed by atoms with E-state index < -0.39 is 0 Å². The highest BCUT2D eigenvalue weighted by molar-refractivity contribution is 5.43. The number of anilines is 1. The van der Waals surface area contributed by atoms with E-state index in [-0.39, 0.29) is 12.0 Å². The zero-order chi connectivity index (χ0) is 15.4. The van der Waals surface area contributed by atoms with E-state index in [1.54, 1.807) is 0 Å². The van der Waals surface area contributed by atoms with Crippen LogP contribution in [-0.2, 0) is 0 Å². The molecular weight excluding hydrogens is 268 g/mol. The number of nitrogens with two attached hydrogens (primary N) is 2. The maximum Gasteiger partial charge on any atom is 0.0405 e. The minimum atomic E-state index is -0.120. The summed E-state index contributed by atoms with van der Waals surface area (Å²) in [5.41, 5.74) is 16.7. The van der Waals surface area contributed by atoms with Gasteiger partial charge in [0.2, 0.25) is 0 Å². The molecule has 3 aromatic rings. The van der Waals surface area contributed by atoms with Crippen LogP contribution in [0.4, 0.5) is 5.69 Å². The van der Waals surface area contributed by atoms with Crippen LogP contribution in [0, 0.1) is 0 Å². The molecule has 0 amide bonds. The molecule has 2 heteroatoms. The molecule has 0 bridgehead atoms. The second-order valence-electron chi connectivity index (χ2n) is 5.49. The Balaban J connectivity index is 2.04. The Bertz CT molecular complexity index is 666. The summed E-state index contributed by atoms with van der Waals surface area (Å²) in [5, 5.41) is 0. The predicted molar refractivity (Wildman–Crippen MR) is 92.5 cm³/mol. The van der Waals surface area contributed by atoms with Gasteiger partial charge < -0.3 is 11.5 Å². The molecular formula is C20H20N2. The number of rotatable bonds is 4. The molecule has 0 saturated heterocycles. The Morgan fingerprint density at radius 3 is 1.45 bits per heavy atom. The van der Waals surface area contributed by atoms with E-state index in [0.29, 0.717) is 0 Å². The van der Waals surface area contributed by atoms with Gasteiger partial charge in [0.05, 0.1) is 0 Å². The van der Waals surface area contributed by atoms with Crippen molar-refractivity contribution < 1.29 is 0 Å². The lowest BCUT2D eigenvalue weighted by molar-refractivity contribution is 0.629. The smallest absolute Gasteiger partial charge is 0.0405 e. The normalized spacial score (nSPS) is 12.3. The molecule has 0 aromatic heterocycles. The van der Waals surface area contributed by atoms with Crippen LogP contribution in [0.3, 0.4) is 0 Å². The SMILES string of the molecule is Nc1ccc(C(N)C(c2ccccc2)c2ccccc2)cc1. The maximum absolute atomic E-state index is 6.61.